The predicted octanol–water partition coefficient (Wildman–Crippen LogP) is 4.91. The molecular formula is C33H30BClF2N6O2. The number of aromatic hydroxyl groups is 1. The lowest BCUT2D eigenvalue weighted by Crippen LogP contribution is -2.51. The summed E-state index contributed by atoms with van der Waals surface area (Å²) < 4.78 is 38.3. The van der Waals surface area contributed by atoms with E-state index in [2.05, 4.69) is 36.8 Å². The molecule has 12 heteroatoms. The van der Waals surface area contributed by atoms with Gasteiger partial charge in [0.2, 0.25) is 0 Å². The van der Waals surface area contributed by atoms with Crippen molar-refractivity contribution in [2.45, 2.75) is 56.1 Å². The molecule has 2 radical (unpaired) electrons. The molecule has 8 nitrogen and oxygen atoms in total. The van der Waals surface area contributed by atoms with Crippen molar-refractivity contribution >= 4 is 46.9 Å². The minimum atomic E-state index is -0.787. The number of benzene rings is 2. The fourth-order valence-electron chi connectivity index (χ4n) is 8.00. The third-order valence-corrected chi connectivity index (χ3v) is 10.3. The van der Waals surface area contributed by atoms with Crippen LogP contribution >= 0.6 is 11.6 Å². The molecule has 0 spiro atoms. The number of phenolic OH excluding ortho intramolecular Hbond substituents is 1. The van der Waals surface area contributed by atoms with Gasteiger partial charge >= 0.3 is 6.01 Å². The van der Waals surface area contributed by atoms with Gasteiger partial charge in [-0.25, -0.2) is 13.8 Å². The van der Waals surface area contributed by atoms with Gasteiger partial charge in [0.15, 0.2) is 13.7 Å². The molecule has 6 heterocycles. The molecule has 228 valence electrons. The topological polar surface area (TPSA) is 86.6 Å². The second-order valence-corrected chi connectivity index (χ2v) is 13.0. The number of anilines is 1. The number of phenols is 1. The van der Waals surface area contributed by atoms with Crippen LogP contribution in [0, 0.1) is 23.4 Å². The minimum absolute atomic E-state index is 0.00969. The van der Waals surface area contributed by atoms with Gasteiger partial charge in [-0.1, -0.05) is 23.6 Å². The maximum Gasteiger partial charge on any atom is 0.319 e. The molecule has 4 fully saturated rings. The SMILES string of the molecule is [B]C#Cc1c(F)ccc2cc(O)cc(-c3nc(Cl)c4c(N5CC6CCC(C5)N6)nc(OCC56CCCN5CCC6)nc4c3F)c12. The Bertz CT molecular complexity index is 1910. The van der Waals surface area contributed by atoms with Crippen molar-refractivity contribution in [1.82, 2.24) is 25.2 Å². The lowest BCUT2D eigenvalue weighted by atomic mass is 9.95. The van der Waals surface area contributed by atoms with Gasteiger partial charge in [-0.3, -0.25) is 4.90 Å². The van der Waals surface area contributed by atoms with Gasteiger partial charge in [0.25, 0.3) is 0 Å². The molecular weight excluding hydrogens is 597 g/mol. The average molecular weight is 627 g/mol. The Morgan fingerprint density at radius 1 is 1.07 bits per heavy atom. The Labute approximate surface area is 265 Å². The quantitative estimate of drug-likeness (QED) is 0.184. The zero-order chi connectivity index (χ0) is 30.9. The van der Waals surface area contributed by atoms with Crippen LogP contribution in [0.3, 0.4) is 0 Å². The molecule has 4 saturated heterocycles. The van der Waals surface area contributed by atoms with Crippen molar-refractivity contribution in [2.75, 3.05) is 37.7 Å². The summed E-state index contributed by atoms with van der Waals surface area (Å²) in [6.45, 7) is 3.86. The Morgan fingerprint density at radius 2 is 1.82 bits per heavy atom. The fraction of sp³-hybridized carbons (Fsp3) is 0.424. The number of nitrogens with one attached hydrogen (secondary N) is 1. The summed E-state index contributed by atoms with van der Waals surface area (Å²) in [4.78, 5) is 18.5. The molecule has 2 atom stereocenters. The van der Waals surface area contributed by atoms with Crippen molar-refractivity contribution in [3.8, 4) is 34.8 Å². The smallest absolute Gasteiger partial charge is 0.319 e. The Hall–Kier alpha value is -3.72. The van der Waals surface area contributed by atoms with Crippen molar-refractivity contribution in [3.63, 3.8) is 0 Å². The molecule has 2 aromatic heterocycles. The molecule has 2 aromatic carbocycles. The van der Waals surface area contributed by atoms with Crippen molar-refractivity contribution in [2.24, 2.45) is 0 Å². The summed E-state index contributed by atoms with van der Waals surface area (Å²) in [7, 11) is 5.47. The van der Waals surface area contributed by atoms with Crippen LogP contribution in [0.4, 0.5) is 14.6 Å². The highest BCUT2D eigenvalue weighted by molar-refractivity contribution is 6.35. The largest absolute Gasteiger partial charge is 0.508 e. The number of rotatable bonds is 5. The monoisotopic (exact) mass is 626 g/mol. The van der Waals surface area contributed by atoms with Crippen LogP contribution in [0.25, 0.3) is 32.9 Å². The highest BCUT2D eigenvalue weighted by atomic mass is 35.5. The van der Waals surface area contributed by atoms with Gasteiger partial charge in [0.05, 0.1) is 16.5 Å². The molecule has 4 aromatic rings. The van der Waals surface area contributed by atoms with Gasteiger partial charge in [-0.05, 0) is 75.2 Å². The van der Waals surface area contributed by atoms with E-state index in [4.69, 9.17) is 29.2 Å². The zero-order valence-corrected chi connectivity index (χ0v) is 25.3. The number of fused-ring (bicyclic) bond motifs is 5. The molecule has 4 aliphatic heterocycles. The molecule has 0 aliphatic carbocycles. The lowest BCUT2D eigenvalue weighted by Gasteiger charge is -2.35. The molecule has 2 unspecified atom stereocenters. The number of ether oxygens (including phenoxy) is 1. The van der Waals surface area contributed by atoms with Gasteiger partial charge in [-0.15, -0.1) is 0 Å². The van der Waals surface area contributed by atoms with Crippen LogP contribution in [-0.4, -0.2) is 83.2 Å². The van der Waals surface area contributed by atoms with Crippen LogP contribution in [0.5, 0.6) is 11.8 Å². The van der Waals surface area contributed by atoms with Crippen LogP contribution in [0.1, 0.15) is 44.1 Å². The van der Waals surface area contributed by atoms with E-state index in [1.807, 2.05) is 0 Å². The lowest BCUT2D eigenvalue weighted by molar-refractivity contribution is 0.108. The highest BCUT2D eigenvalue weighted by Gasteiger charge is 2.45. The number of aromatic nitrogens is 3. The van der Waals surface area contributed by atoms with Crippen LogP contribution in [-0.2, 0) is 0 Å². The van der Waals surface area contributed by atoms with Gasteiger partial charge in [0, 0.05) is 36.1 Å². The van der Waals surface area contributed by atoms with E-state index in [9.17, 15) is 5.11 Å². The summed E-state index contributed by atoms with van der Waals surface area (Å²) >= 11 is 6.89. The molecule has 45 heavy (non-hydrogen) atoms. The summed E-state index contributed by atoms with van der Waals surface area (Å²) in [5.74, 6) is 3.71. The Balaban J connectivity index is 1.32. The minimum Gasteiger partial charge on any atom is -0.508 e. The van der Waals surface area contributed by atoms with Crippen molar-refractivity contribution in [3.05, 3.63) is 46.6 Å². The van der Waals surface area contributed by atoms with Gasteiger partial charge < -0.3 is 20.1 Å². The number of hydrogen-bond acceptors (Lipinski definition) is 8. The van der Waals surface area contributed by atoms with E-state index in [0.29, 0.717) is 30.9 Å². The van der Waals surface area contributed by atoms with E-state index in [1.165, 1.54) is 24.3 Å². The maximum atomic E-state index is 16.9. The third kappa shape index (κ3) is 4.77. The van der Waals surface area contributed by atoms with Gasteiger partial charge in [0.1, 0.15) is 40.4 Å². The van der Waals surface area contributed by atoms with Gasteiger partial charge in [-0.2, -0.15) is 15.8 Å². The van der Waals surface area contributed by atoms with Crippen molar-refractivity contribution < 1.29 is 18.6 Å². The maximum absolute atomic E-state index is 16.9. The standard InChI is InChI=1S/C33H30BClF2N6O2/c34-10-7-22-24(36)6-3-18-13-21(44)14-23(25(18)22)28-27(37)29-26(30(35)39-28)31(42-15-19-4-5-20(16-42)38-19)41-32(40-29)45-17-33-8-1-11-43(33)12-2-9-33/h3,6,13-14,19-20,38,44H,1-2,4-5,8-9,11-12,15-17H2. The van der Waals surface area contributed by atoms with Crippen molar-refractivity contribution in [1.29, 1.82) is 0 Å². The second-order valence-electron chi connectivity index (χ2n) is 12.7. The molecule has 8 rings (SSSR count). The molecule has 4 aliphatic rings. The highest BCUT2D eigenvalue weighted by Crippen LogP contribution is 2.43. The summed E-state index contributed by atoms with van der Waals surface area (Å²) in [5, 5.41) is 15.2. The number of pyridine rings is 1. The van der Waals surface area contributed by atoms with E-state index >= 15 is 8.78 Å². The fourth-order valence-corrected chi connectivity index (χ4v) is 8.26. The summed E-state index contributed by atoms with van der Waals surface area (Å²) in [5.41, 5.74) is -0.244. The number of piperazine rings is 1. The molecule has 0 saturated carbocycles. The molecule has 0 amide bonds. The first-order chi connectivity index (χ1) is 21.8. The number of nitrogens with zero attached hydrogens (tertiary/aromatic N) is 5. The van der Waals surface area contributed by atoms with E-state index in [1.54, 1.807) is 0 Å². The zero-order valence-electron chi connectivity index (χ0n) is 24.5. The predicted molar refractivity (Wildman–Crippen MR) is 170 cm³/mol. The summed E-state index contributed by atoms with van der Waals surface area (Å²) in [6, 6.07) is 6.11. The van der Waals surface area contributed by atoms with Crippen LogP contribution < -0.4 is 15.0 Å². The first kappa shape index (κ1) is 28.7. The van der Waals surface area contributed by atoms with Crippen LogP contribution in [0.2, 0.25) is 5.15 Å². The van der Waals surface area contributed by atoms with E-state index in [0.717, 1.165) is 51.6 Å². The van der Waals surface area contributed by atoms with Crippen LogP contribution in [0.15, 0.2) is 24.3 Å². The Morgan fingerprint density at radius 3 is 2.56 bits per heavy atom. The molecule has 2 N–H and O–H groups in total. The molecule has 2 bridgehead atoms. The first-order valence-corrected chi connectivity index (χ1v) is 15.8. The number of halogens is 3. The average Bonchev–Trinajstić information content (AvgIpc) is 3.72. The first-order valence-electron chi connectivity index (χ1n) is 15.5. The Kier molecular flexibility index (Phi) is 7.01. The van der Waals surface area contributed by atoms with E-state index < -0.39 is 11.6 Å². The normalized spacial score (nSPS) is 22.2. The van der Waals surface area contributed by atoms with E-state index in [-0.39, 0.29) is 67.6 Å². The summed E-state index contributed by atoms with van der Waals surface area (Å²) in [6.07, 6.45) is 6.41. The second kappa shape index (κ2) is 11.0. The third-order valence-electron chi connectivity index (χ3n) is 10.0. The number of hydrogen-bond donors (Lipinski definition) is 2.